The van der Waals surface area contributed by atoms with Crippen LogP contribution in [0, 0.1) is 11.3 Å². The molecule has 0 aromatic heterocycles. The zero-order valence-electron chi connectivity index (χ0n) is 12.0. The summed E-state index contributed by atoms with van der Waals surface area (Å²) in [7, 11) is -0.768. The SMILES string of the molecule is C[SiH](C)C1N(CCC#N)CCCN1C(C)(C)C. The fraction of sp³-hybridized carbons (Fsp3) is 0.923. The van der Waals surface area contributed by atoms with Gasteiger partial charge >= 0.3 is 0 Å². The van der Waals surface area contributed by atoms with Crippen LogP contribution in [0.15, 0.2) is 0 Å². The van der Waals surface area contributed by atoms with Crippen LogP contribution in [0.25, 0.3) is 0 Å². The predicted octanol–water partition coefficient (Wildman–Crippen LogP) is 2.06. The minimum Gasteiger partial charge on any atom is -0.290 e. The van der Waals surface area contributed by atoms with Gasteiger partial charge in [0.05, 0.1) is 14.9 Å². The molecule has 0 radical (unpaired) electrons. The molecule has 1 saturated heterocycles. The normalized spacial score (nSPS) is 23.9. The summed E-state index contributed by atoms with van der Waals surface area (Å²) >= 11 is 0. The van der Waals surface area contributed by atoms with Gasteiger partial charge in [0, 0.05) is 37.4 Å². The number of nitrogens with zero attached hydrogens (tertiary/aromatic N) is 3. The van der Waals surface area contributed by atoms with Crippen molar-refractivity contribution in [2.24, 2.45) is 0 Å². The smallest absolute Gasteiger partial charge is 0.0692 e. The summed E-state index contributed by atoms with van der Waals surface area (Å²) in [5, 5.41) is 8.77. The maximum Gasteiger partial charge on any atom is 0.0692 e. The van der Waals surface area contributed by atoms with Gasteiger partial charge in [-0.15, -0.1) is 0 Å². The minimum absolute atomic E-state index is 0.243. The van der Waals surface area contributed by atoms with E-state index in [1.54, 1.807) is 0 Å². The Bertz CT molecular complexity index is 277. The van der Waals surface area contributed by atoms with E-state index < -0.39 is 8.80 Å². The first kappa shape index (κ1) is 14.7. The van der Waals surface area contributed by atoms with Gasteiger partial charge in [0.15, 0.2) is 0 Å². The molecule has 0 aliphatic carbocycles. The topological polar surface area (TPSA) is 30.3 Å². The van der Waals surface area contributed by atoms with Crippen LogP contribution in [0.1, 0.15) is 33.6 Å². The largest absolute Gasteiger partial charge is 0.290 e. The molecule has 1 rings (SSSR count). The van der Waals surface area contributed by atoms with Crippen LogP contribution in [0.5, 0.6) is 0 Å². The quantitative estimate of drug-likeness (QED) is 0.721. The first-order valence-corrected chi connectivity index (χ1v) is 9.73. The Morgan fingerprint density at radius 3 is 2.41 bits per heavy atom. The molecule has 1 fully saturated rings. The standard InChI is InChI=1S/C13H27N3Si/c1-13(2,3)16-11-7-10-15(9-6-8-14)12(16)17(4)5/h12,17H,6-7,9-11H2,1-5H3. The van der Waals surface area contributed by atoms with Crippen LogP contribution in [0.2, 0.25) is 13.1 Å². The van der Waals surface area contributed by atoms with Gasteiger partial charge in [-0.1, -0.05) is 13.1 Å². The van der Waals surface area contributed by atoms with Crippen LogP contribution in [0.3, 0.4) is 0 Å². The van der Waals surface area contributed by atoms with Crippen LogP contribution in [-0.4, -0.2) is 49.6 Å². The van der Waals surface area contributed by atoms with E-state index in [2.05, 4.69) is 49.7 Å². The summed E-state index contributed by atoms with van der Waals surface area (Å²) in [6.07, 6.45) is 1.90. The Balaban J connectivity index is 2.81. The highest BCUT2D eigenvalue weighted by molar-refractivity contribution is 6.57. The van der Waals surface area contributed by atoms with Crippen LogP contribution >= 0.6 is 0 Å². The Kier molecular flexibility index (Phi) is 5.17. The number of hydrogen-bond donors (Lipinski definition) is 0. The molecule has 98 valence electrons. The summed E-state index contributed by atoms with van der Waals surface area (Å²) in [6.45, 7) is 15.1. The monoisotopic (exact) mass is 253 g/mol. The van der Waals surface area contributed by atoms with Crippen LogP contribution < -0.4 is 0 Å². The van der Waals surface area contributed by atoms with E-state index in [1.807, 2.05) is 0 Å². The summed E-state index contributed by atoms with van der Waals surface area (Å²) in [5.41, 5.74) is 0.243. The van der Waals surface area contributed by atoms with Crippen molar-refractivity contribution in [3.63, 3.8) is 0 Å². The molecule has 1 heterocycles. The molecule has 0 bridgehead atoms. The molecule has 0 saturated carbocycles. The third-order valence-corrected chi connectivity index (χ3v) is 5.48. The zero-order chi connectivity index (χ0) is 13.1. The molecule has 0 N–H and O–H groups in total. The first-order valence-electron chi connectivity index (χ1n) is 6.75. The lowest BCUT2D eigenvalue weighted by Gasteiger charge is -2.51. The molecular formula is C13H27N3Si. The van der Waals surface area contributed by atoms with Crippen molar-refractivity contribution in [3.05, 3.63) is 0 Å². The Morgan fingerprint density at radius 1 is 1.29 bits per heavy atom. The lowest BCUT2D eigenvalue weighted by atomic mass is 10.0. The molecule has 0 aromatic rings. The van der Waals surface area contributed by atoms with E-state index >= 15 is 0 Å². The second kappa shape index (κ2) is 5.99. The van der Waals surface area contributed by atoms with Gasteiger partial charge in [-0.2, -0.15) is 5.26 Å². The molecule has 0 spiro atoms. The molecular weight excluding hydrogens is 226 g/mol. The Labute approximate surface area is 108 Å². The number of nitriles is 1. The molecule has 0 amide bonds. The van der Waals surface area contributed by atoms with Gasteiger partial charge in [-0.3, -0.25) is 9.80 Å². The second-order valence-corrected chi connectivity index (χ2v) is 9.40. The van der Waals surface area contributed by atoms with Gasteiger partial charge in [-0.25, -0.2) is 0 Å². The molecule has 4 heteroatoms. The van der Waals surface area contributed by atoms with E-state index in [4.69, 9.17) is 5.26 Å². The van der Waals surface area contributed by atoms with Crippen molar-refractivity contribution in [1.29, 1.82) is 5.26 Å². The third kappa shape index (κ3) is 3.80. The molecule has 17 heavy (non-hydrogen) atoms. The fourth-order valence-corrected chi connectivity index (χ4v) is 5.31. The summed E-state index contributed by atoms with van der Waals surface area (Å²) < 4.78 is 0. The van der Waals surface area contributed by atoms with Gasteiger partial charge in [0.25, 0.3) is 0 Å². The summed E-state index contributed by atoms with van der Waals surface area (Å²) in [5.74, 6) is 0.622. The lowest BCUT2D eigenvalue weighted by Crippen LogP contribution is -2.64. The maximum absolute atomic E-state index is 8.77. The van der Waals surface area contributed by atoms with Crippen molar-refractivity contribution in [3.8, 4) is 6.07 Å². The van der Waals surface area contributed by atoms with Gasteiger partial charge < -0.3 is 0 Å². The van der Waals surface area contributed by atoms with E-state index in [1.165, 1.54) is 19.5 Å². The average Bonchev–Trinajstić information content (AvgIpc) is 2.24. The average molecular weight is 253 g/mol. The third-order valence-electron chi connectivity index (χ3n) is 3.51. The summed E-state index contributed by atoms with van der Waals surface area (Å²) in [4.78, 5) is 5.21. The fourth-order valence-electron chi connectivity index (χ4n) is 2.86. The van der Waals surface area contributed by atoms with E-state index in [0.29, 0.717) is 12.2 Å². The molecule has 3 nitrogen and oxygen atoms in total. The molecule has 1 atom stereocenters. The molecule has 1 aliphatic heterocycles. The maximum atomic E-state index is 8.77. The second-order valence-electron chi connectivity index (χ2n) is 6.32. The van der Waals surface area contributed by atoms with Crippen molar-refractivity contribution < 1.29 is 0 Å². The Morgan fingerprint density at radius 2 is 1.94 bits per heavy atom. The van der Waals surface area contributed by atoms with Crippen molar-refractivity contribution >= 4 is 8.80 Å². The number of rotatable bonds is 3. The summed E-state index contributed by atoms with van der Waals surface area (Å²) in [6, 6.07) is 2.28. The molecule has 1 unspecified atom stereocenters. The zero-order valence-corrected chi connectivity index (χ0v) is 13.2. The highest BCUT2D eigenvalue weighted by atomic mass is 28.3. The Hall–Kier alpha value is -0.373. The van der Waals surface area contributed by atoms with Crippen LogP contribution in [-0.2, 0) is 0 Å². The highest BCUT2D eigenvalue weighted by Crippen LogP contribution is 2.25. The van der Waals surface area contributed by atoms with E-state index in [0.717, 1.165) is 6.54 Å². The van der Waals surface area contributed by atoms with Gasteiger partial charge in [0.2, 0.25) is 0 Å². The first-order chi connectivity index (χ1) is 7.88. The van der Waals surface area contributed by atoms with E-state index in [-0.39, 0.29) is 5.54 Å². The van der Waals surface area contributed by atoms with Crippen molar-refractivity contribution in [1.82, 2.24) is 9.80 Å². The van der Waals surface area contributed by atoms with E-state index in [9.17, 15) is 0 Å². The number of hydrogen-bond acceptors (Lipinski definition) is 3. The van der Waals surface area contributed by atoms with Crippen molar-refractivity contribution in [2.45, 2.75) is 58.0 Å². The highest BCUT2D eigenvalue weighted by Gasteiger charge is 2.37. The predicted molar refractivity (Wildman–Crippen MR) is 75.5 cm³/mol. The molecule has 1 aliphatic rings. The molecule has 0 aromatic carbocycles. The minimum atomic E-state index is -0.768. The lowest BCUT2D eigenvalue weighted by molar-refractivity contribution is -0.00734. The van der Waals surface area contributed by atoms with Crippen molar-refractivity contribution in [2.75, 3.05) is 19.6 Å². The van der Waals surface area contributed by atoms with Gasteiger partial charge in [-0.05, 0) is 27.2 Å². The van der Waals surface area contributed by atoms with Gasteiger partial charge in [0.1, 0.15) is 0 Å². The van der Waals surface area contributed by atoms with Crippen LogP contribution in [0.4, 0.5) is 0 Å².